The van der Waals surface area contributed by atoms with Crippen molar-refractivity contribution in [2.75, 3.05) is 13.2 Å². The molecule has 0 saturated carbocycles. The topological polar surface area (TPSA) is 56.1 Å². The molecule has 2 aromatic heterocycles. The van der Waals surface area contributed by atoms with Gasteiger partial charge >= 0.3 is 0 Å². The second-order valence-corrected chi connectivity index (χ2v) is 9.14. The number of pyridine rings is 1. The monoisotopic (exact) mass is 447 g/mol. The molecule has 1 saturated heterocycles. The molecule has 0 N–H and O–H groups in total. The summed E-state index contributed by atoms with van der Waals surface area (Å²) >= 11 is 0. The Morgan fingerprint density at radius 2 is 2.03 bits per heavy atom. The van der Waals surface area contributed by atoms with Crippen LogP contribution in [0, 0.1) is 24.6 Å². The van der Waals surface area contributed by atoms with Crippen LogP contribution in [0.2, 0.25) is 0 Å². The lowest BCUT2D eigenvalue weighted by Gasteiger charge is -2.37. The first-order valence-electron chi connectivity index (χ1n) is 11.6. The van der Waals surface area contributed by atoms with Crippen molar-refractivity contribution >= 4 is 0 Å². The van der Waals surface area contributed by atoms with Crippen molar-refractivity contribution in [3.63, 3.8) is 0 Å². The minimum Gasteiger partial charge on any atom is -0.373 e. The average molecular weight is 448 g/mol. The van der Waals surface area contributed by atoms with Crippen molar-refractivity contribution in [1.29, 1.82) is 0 Å². The Morgan fingerprint density at radius 3 is 2.79 bits per heavy atom. The van der Waals surface area contributed by atoms with Gasteiger partial charge in [0.1, 0.15) is 11.9 Å². The van der Waals surface area contributed by atoms with E-state index in [2.05, 4.69) is 56.7 Å². The molecule has 4 atom stereocenters. The maximum atomic E-state index is 15.0. The highest BCUT2D eigenvalue weighted by atomic mass is 19.1. The highest BCUT2D eigenvalue weighted by molar-refractivity contribution is 5.22. The average Bonchev–Trinajstić information content (AvgIpc) is 3.42. The third-order valence-corrected chi connectivity index (χ3v) is 6.97. The molecule has 4 heterocycles. The molecule has 5 rings (SSSR count). The van der Waals surface area contributed by atoms with E-state index in [4.69, 9.17) is 4.74 Å². The summed E-state index contributed by atoms with van der Waals surface area (Å²) in [7, 11) is 1.90. The molecule has 3 aromatic rings. The van der Waals surface area contributed by atoms with Gasteiger partial charge in [0, 0.05) is 44.8 Å². The molecule has 2 aliphatic rings. The molecule has 172 valence electrons. The van der Waals surface area contributed by atoms with Gasteiger partial charge in [0.2, 0.25) is 0 Å². The Hall–Kier alpha value is -3.06. The van der Waals surface area contributed by atoms with E-state index >= 15 is 4.39 Å². The lowest BCUT2D eigenvalue weighted by Crippen LogP contribution is -2.32. The molecule has 0 bridgehead atoms. The summed E-state index contributed by atoms with van der Waals surface area (Å²) < 4.78 is 23.0. The van der Waals surface area contributed by atoms with Gasteiger partial charge in [-0.05, 0) is 49.6 Å². The second-order valence-electron chi connectivity index (χ2n) is 9.14. The van der Waals surface area contributed by atoms with Crippen LogP contribution in [-0.2, 0) is 18.3 Å². The molecular formula is C26H30FN5O. The van der Waals surface area contributed by atoms with Crippen LogP contribution in [0.1, 0.15) is 47.5 Å². The van der Waals surface area contributed by atoms with Gasteiger partial charge in [-0.1, -0.05) is 41.6 Å². The van der Waals surface area contributed by atoms with Gasteiger partial charge in [-0.25, -0.2) is 9.07 Å². The summed E-state index contributed by atoms with van der Waals surface area (Å²) in [4.78, 5) is 6.85. The standard InChI is InChI=1S/C26H30FN5O/c1-18-26(31(2)30-29-18)23-15-20(11-14-33-23)24(25-22(27)9-6-12-28-25)21-10-13-32(17-21)16-19-7-4-3-5-8-19/h3-10,12-13,20-21,23-24H,11,14-17H2,1-2H3. The third kappa shape index (κ3) is 4.55. The quantitative estimate of drug-likeness (QED) is 0.555. The van der Waals surface area contributed by atoms with Crippen LogP contribution in [0.15, 0.2) is 60.9 Å². The van der Waals surface area contributed by atoms with Gasteiger partial charge < -0.3 is 9.64 Å². The lowest BCUT2D eigenvalue weighted by atomic mass is 9.74. The Bertz CT molecular complexity index is 1100. The van der Waals surface area contributed by atoms with Crippen LogP contribution >= 0.6 is 0 Å². The SMILES string of the molecule is Cc1nnn(C)c1C1CC(C(c2ncccc2F)C2C=CN(Cc3ccccc3)C2)CCO1. The molecule has 4 unspecified atom stereocenters. The second kappa shape index (κ2) is 9.43. The number of benzene rings is 1. The number of ether oxygens (including phenoxy) is 1. The van der Waals surface area contributed by atoms with Crippen LogP contribution in [0.5, 0.6) is 0 Å². The summed E-state index contributed by atoms with van der Waals surface area (Å²) in [6.07, 6.45) is 7.69. The number of aryl methyl sites for hydroxylation is 2. The number of rotatable bonds is 6. The van der Waals surface area contributed by atoms with Crippen molar-refractivity contribution in [3.8, 4) is 0 Å². The maximum Gasteiger partial charge on any atom is 0.145 e. The highest BCUT2D eigenvalue weighted by Crippen LogP contribution is 2.45. The fourth-order valence-electron chi connectivity index (χ4n) is 5.46. The van der Waals surface area contributed by atoms with Crippen molar-refractivity contribution in [2.45, 2.75) is 38.3 Å². The third-order valence-electron chi connectivity index (χ3n) is 6.97. The smallest absolute Gasteiger partial charge is 0.145 e. The number of aromatic nitrogens is 4. The summed E-state index contributed by atoms with van der Waals surface area (Å²) in [5, 5.41) is 8.36. The zero-order chi connectivity index (χ0) is 22.8. The normalized spacial score (nSPS) is 23.7. The van der Waals surface area contributed by atoms with E-state index in [1.165, 1.54) is 11.6 Å². The van der Waals surface area contributed by atoms with Gasteiger partial charge in [-0.3, -0.25) is 4.98 Å². The van der Waals surface area contributed by atoms with E-state index in [0.717, 1.165) is 37.3 Å². The zero-order valence-electron chi connectivity index (χ0n) is 19.1. The summed E-state index contributed by atoms with van der Waals surface area (Å²) in [6, 6.07) is 13.6. The molecule has 6 nitrogen and oxygen atoms in total. The van der Waals surface area contributed by atoms with Crippen molar-refractivity contribution in [1.82, 2.24) is 24.9 Å². The van der Waals surface area contributed by atoms with Crippen LogP contribution in [0.4, 0.5) is 4.39 Å². The molecule has 2 aliphatic heterocycles. The minimum absolute atomic E-state index is 0.0175. The van der Waals surface area contributed by atoms with E-state index in [0.29, 0.717) is 12.3 Å². The molecule has 1 fully saturated rings. The molecule has 33 heavy (non-hydrogen) atoms. The van der Waals surface area contributed by atoms with E-state index in [-0.39, 0.29) is 29.7 Å². The van der Waals surface area contributed by atoms with Gasteiger partial charge in [0.25, 0.3) is 0 Å². The van der Waals surface area contributed by atoms with E-state index < -0.39 is 0 Å². The first kappa shape index (κ1) is 21.8. The largest absolute Gasteiger partial charge is 0.373 e. The zero-order valence-corrected chi connectivity index (χ0v) is 19.1. The first-order chi connectivity index (χ1) is 16.1. The van der Waals surface area contributed by atoms with Gasteiger partial charge in [-0.2, -0.15) is 0 Å². The fraction of sp³-hybridized carbons (Fsp3) is 0.423. The predicted octanol–water partition coefficient (Wildman–Crippen LogP) is 4.55. The molecule has 0 amide bonds. The van der Waals surface area contributed by atoms with Crippen LogP contribution in [-0.4, -0.2) is 38.0 Å². The van der Waals surface area contributed by atoms with E-state index in [1.54, 1.807) is 16.9 Å². The first-order valence-corrected chi connectivity index (χ1v) is 11.6. The van der Waals surface area contributed by atoms with E-state index in [1.807, 2.05) is 20.0 Å². The molecular weight excluding hydrogens is 417 g/mol. The Kier molecular flexibility index (Phi) is 6.22. The molecule has 0 radical (unpaired) electrons. The predicted molar refractivity (Wildman–Crippen MR) is 124 cm³/mol. The van der Waals surface area contributed by atoms with Crippen molar-refractivity contribution in [3.05, 3.63) is 89.4 Å². The Balaban J connectivity index is 1.40. The highest BCUT2D eigenvalue weighted by Gasteiger charge is 2.39. The van der Waals surface area contributed by atoms with Crippen LogP contribution in [0.25, 0.3) is 0 Å². The summed E-state index contributed by atoms with van der Waals surface area (Å²) in [6.45, 7) is 4.30. The molecule has 1 aromatic carbocycles. The molecule has 0 aliphatic carbocycles. The number of halogens is 1. The summed E-state index contributed by atoms with van der Waals surface area (Å²) in [5.74, 6) is 0.191. The number of hydrogen-bond donors (Lipinski definition) is 0. The Labute approximate surface area is 194 Å². The van der Waals surface area contributed by atoms with E-state index in [9.17, 15) is 0 Å². The lowest BCUT2D eigenvalue weighted by molar-refractivity contribution is -0.0248. The maximum absolute atomic E-state index is 15.0. The minimum atomic E-state index is -0.223. The van der Waals surface area contributed by atoms with Crippen LogP contribution in [0.3, 0.4) is 0 Å². The Morgan fingerprint density at radius 1 is 1.18 bits per heavy atom. The molecule has 0 spiro atoms. The van der Waals surface area contributed by atoms with Gasteiger partial charge in [-0.15, -0.1) is 5.10 Å². The fourth-order valence-corrected chi connectivity index (χ4v) is 5.46. The van der Waals surface area contributed by atoms with Crippen LogP contribution < -0.4 is 0 Å². The van der Waals surface area contributed by atoms with Crippen molar-refractivity contribution < 1.29 is 9.13 Å². The summed E-state index contributed by atoms with van der Waals surface area (Å²) in [5.41, 5.74) is 3.74. The number of hydrogen-bond acceptors (Lipinski definition) is 5. The number of nitrogens with zero attached hydrogens (tertiary/aromatic N) is 5. The van der Waals surface area contributed by atoms with Crippen molar-refractivity contribution in [2.24, 2.45) is 18.9 Å². The van der Waals surface area contributed by atoms with Gasteiger partial charge in [0.15, 0.2) is 0 Å². The van der Waals surface area contributed by atoms with Gasteiger partial charge in [0.05, 0.1) is 17.1 Å². The molecule has 7 heteroatoms.